The van der Waals surface area contributed by atoms with E-state index in [-0.39, 0.29) is 0 Å². The number of thiol groups is 1. The Kier molecular flexibility index (Phi) is 3.22. The molecule has 0 aromatic heterocycles. The van der Waals surface area contributed by atoms with E-state index in [0.29, 0.717) is 0 Å². The third kappa shape index (κ3) is 1.95. The Bertz CT molecular complexity index is 59.5. The van der Waals surface area contributed by atoms with Crippen LogP contribution < -0.4 is 0 Å². The molecule has 0 nitrogen and oxygen atoms in total. The van der Waals surface area contributed by atoms with Gasteiger partial charge in [-0.3, -0.25) is 0 Å². The summed E-state index contributed by atoms with van der Waals surface area (Å²) in [6.45, 7) is 0. The second kappa shape index (κ2) is 3.74. The average molecular weight is 148 g/mol. The van der Waals surface area contributed by atoms with Crippen LogP contribution in [0.2, 0.25) is 0 Å². The second-order valence-electron chi connectivity index (χ2n) is 2.46. The summed E-state index contributed by atoms with van der Waals surface area (Å²) in [5.74, 6) is 0. The summed E-state index contributed by atoms with van der Waals surface area (Å²) >= 11 is 4.29. The van der Waals surface area contributed by atoms with E-state index in [2.05, 4.69) is 12.2 Å². The molecule has 1 aliphatic carbocycles. The molecule has 0 aromatic rings. The lowest BCUT2D eigenvalue weighted by atomic mass is 10.0. The molecule has 0 aromatic carbocycles. The molecule has 0 spiro atoms. The van der Waals surface area contributed by atoms with E-state index in [1.165, 1.54) is 32.1 Å². The van der Waals surface area contributed by atoms with Gasteiger partial charge in [0.05, 0.1) is 0 Å². The van der Waals surface area contributed by atoms with Gasteiger partial charge in [-0.15, -0.1) is 0 Å². The van der Waals surface area contributed by atoms with Gasteiger partial charge in [0, 0.05) is 0 Å². The maximum Gasteiger partial charge on any atom is -0.0147 e. The topological polar surface area (TPSA) is 0 Å². The molecule has 1 saturated carbocycles. The van der Waals surface area contributed by atoms with Crippen LogP contribution in [0.3, 0.4) is 0 Å². The monoisotopic (exact) mass is 148 g/mol. The highest BCUT2D eigenvalue weighted by Crippen LogP contribution is 2.34. The molecule has 0 amide bonds. The fourth-order valence-corrected chi connectivity index (χ4v) is 2.67. The first-order valence-electron chi connectivity index (χ1n) is 3.33. The van der Waals surface area contributed by atoms with Gasteiger partial charge in [0.25, 0.3) is 0 Å². The van der Waals surface area contributed by atoms with Crippen molar-refractivity contribution >= 4 is 20.0 Å². The predicted octanol–water partition coefficient (Wildman–Crippen LogP) is 2.84. The van der Waals surface area contributed by atoms with Crippen LogP contribution in [-0.4, -0.2) is 5.66 Å². The van der Waals surface area contributed by atoms with Crippen molar-refractivity contribution < 1.29 is 0 Å². The van der Waals surface area contributed by atoms with Crippen LogP contribution in [0.4, 0.5) is 0 Å². The summed E-state index contributed by atoms with van der Waals surface area (Å²) in [6.07, 6.45) is 7.27. The normalized spacial score (nSPS) is 25.1. The molecular formula is C6H13PS. The molecular weight excluding hydrogens is 135 g/mol. The molecule has 1 fully saturated rings. The molecule has 0 heterocycles. The van der Waals surface area contributed by atoms with Crippen molar-refractivity contribution in [2.24, 2.45) is 0 Å². The summed E-state index contributed by atoms with van der Waals surface area (Å²) in [5, 5.41) is 0. The first-order valence-corrected chi connectivity index (χ1v) is 5.69. The first-order chi connectivity index (χ1) is 3.93. The Labute approximate surface area is 58.4 Å². The molecule has 1 aliphatic rings. The van der Waals surface area contributed by atoms with E-state index in [1.807, 2.05) is 0 Å². The first kappa shape index (κ1) is 6.89. The molecule has 0 bridgehead atoms. The Balaban J connectivity index is 2.13. The highest BCUT2D eigenvalue weighted by molar-refractivity contribution is 8.38. The van der Waals surface area contributed by atoms with Crippen LogP contribution in [-0.2, 0) is 0 Å². The zero-order valence-electron chi connectivity index (χ0n) is 5.06. The van der Waals surface area contributed by atoms with Gasteiger partial charge >= 0.3 is 0 Å². The maximum atomic E-state index is 4.29. The van der Waals surface area contributed by atoms with Crippen LogP contribution in [0, 0.1) is 0 Å². The Hall–Kier alpha value is 0.780. The van der Waals surface area contributed by atoms with Gasteiger partial charge in [0.1, 0.15) is 0 Å². The van der Waals surface area contributed by atoms with Crippen LogP contribution >= 0.6 is 20.0 Å². The third-order valence-corrected chi connectivity index (χ3v) is 3.83. The Morgan fingerprint density at radius 3 is 2.12 bits per heavy atom. The van der Waals surface area contributed by atoms with E-state index in [0.717, 1.165) is 13.4 Å². The standard InChI is InChI=1S/C6H13PS/c8-7-6-4-2-1-3-5-6/h6-8H,1-5H2. The quantitative estimate of drug-likeness (QED) is 0.429. The number of hydrogen-bond donors (Lipinski definition) is 1. The van der Waals surface area contributed by atoms with Gasteiger partial charge in [-0.25, -0.2) is 0 Å². The highest BCUT2D eigenvalue weighted by atomic mass is 32.7. The van der Waals surface area contributed by atoms with E-state index in [4.69, 9.17) is 0 Å². The van der Waals surface area contributed by atoms with E-state index in [1.54, 1.807) is 0 Å². The van der Waals surface area contributed by atoms with Crippen molar-refractivity contribution in [1.29, 1.82) is 0 Å². The van der Waals surface area contributed by atoms with Crippen molar-refractivity contribution in [2.45, 2.75) is 37.8 Å². The minimum atomic E-state index is 0.901. The van der Waals surface area contributed by atoms with Crippen LogP contribution in [0.1, 0.15) is 32.1 Å². The molecule has 1 atom stereocenters. The lowest BCUT2D eigenvalue weighted by molar-refractivity contribution is 0.515. The van der Waals surface area contributed by atoms with Gasteiger partial charge in [-0.1, -0.05) is 27.0 Å². The molecule has 1 unspecified atom stereocenters. The maximum absolute atomic E-state index is 4.29. The van der Waals surface area contributed by atoms with Crippen LogP contribution in [0.5, 0.6) is 0 Å². The summed E-state index contributed by atoms with van der Waals surface area (Å²) in [4.78, 5) is 0. The summed E-state index contributed by atoms with van der Waals surface area (Å²) in [6, 6.07) is 0. The summed E-state index contributed by atoms with van der Waals surface area (Å²) in [7, 11) is 0.901. The molecule has 8 heavy (non-hydrogen) atoms. The highest BCUT2D eigenvalue weighted by Gasteiger charge is 2.10. The number of hydrogen-bond acceptors (Lipinski definition) is 1. The summed E-state index contributed by atoms with van der Waals surface area (Å²) in [5.41, 5.74) is 0.979. The third-order valence-electron chi connectivity index (χ3n) is 1.79. The molecule has 48 valence electrons. The van der Waals surface area contributed by atoms with Gasteiger partial charge in [-0.05, 0) is 18.5 Å². The molecule has 0 N–H and O–H groups in total. The molecule has 0 aliphatic heterocycles. The lowest BCUT2D eigenvalue weighted by Gasteiger charge is -2.18. The van der Waals surface area contributed by atoms with Crippen LogP contribution in [0.15, 0.2) is 0 Å². The van der Waals surface area contributed by atoms with Gasteiger partial charge < -0.3 is 0 Å². The summed E-state index contributed by atoms with van der Waals surface area (Å²) < 4.78 is 0. The fraction of sp³-hybridized carbons (Fsp3) is 1.00. The van der Waals surface area contributed by atoms with Crippen LogP contribution in [0.25, 0.3) is 0 Å². The second-order valence-corrected chi connectivity index (χ2v) is 4.31. The largest absolute Gasteiger partial charge is 0.154 e. The zero-order valence-corrected chi connectivity index (χ0v) is 6.95. The van der Waals surface area contributed by atoms with E-state index < -0.39 is 0 Å². The van der Waals surface area contributed by atoms with Crippen molar-refractivity contribution in [1.82, 2.24) is 0 Å². The Morgan fingerprint density at radius 2 is 1.75 bits per heavy atom. The Morgan fingerprint density at radius 1 is 1.12 bits per heavy atom. The van der Waals surface area contributed by atoms with Gasteiger partial charge in [0.15, 0.2) is 0 Å². The predicted molar refractivity (Wildman–Crippen MR) is 44.2 cm³/mol. The number of rotatable bonds is 1. The minimum Gasteiger partial charge on any atom is -0.154 e. The van der Waals surface area contributed by atoms with E-state index >= 15 is 0 Å². The zero-order chi connectivity index (χ0) is 5.82. The SMILES string of the molecule is SPC1CCCCC1. The van der Waals surface area contributed by atoms with Crippen molar-refractivity contribution in [3.63, 3.8) is 0 Å². The van der Waals surface area contributed by atoms with Crippen molar-refractivity contribution in [3.05, 3.63) is 0 Å². The van der Waals surface area contributed by atoms with Gasteiger partial charge in [-0.2, -0.15) is 12.2 Å². The molecule has 1 rings (SSSR count). The lowest BCUT2D eigenvalue weighted by Crippen LogP contribution is -2.04. The van der Waals surface area contributed by atoms with Gasteiger partial charge in [0.2, 0.25) is 0 Å². The molecule has 0 saturated heterocycles. The average Bonchev–Trinajstić information content (AvgIpc) is 1.90. The van der Waals surface area contributed by atoms with E-state index in [9.17, 15) is 0 Å². The smallest absolute Gasteiger partial charge is 0.0147 e. The van der Waals surface area contributed by atoms with Crippen molar-refractivity contribution in [2.75, 3.05) is 0 Å². The molecule has 0 radical (unpaired) electrons. The molecule has 2 heteroatoms. The van der Waals surface area contributed by atoms with Crippen molar-refractivity contribution in [3.8, 4) is 0 Å². The fourth-order valence-electron chi connectivity index (χ4n) is 1.23. The minimum absolute atomic E-state index is 0.901.